The van der Waals surface area contributed by atoms with Crippen LogP contribution in [0.15, 0.2) is 0 Å². The molecule has 15 atom stereocenters. The van der Waals surface area contributed by atoms with Crippen LogP contribution in [0.5, 0.6) is 0 Å². The zero-order valence-corrected chi connectivity index (χ0v) is 27.3. The number of rotatable bonds is 11. The van der Waals surface area contributed by atoms with Crippen molar-refractivity contribution in [2.75, 3.05) is 14.2 Å². The Morgan fingerprint density at radius 2 is 1.00 bits per heavy atom. The smallest absolute Gasteiger partial charge is 0.336 e. The fourth-order valence-electron chi connectivity index (χ4n) is 5.89. The Bertz CT molecular complexity index is 1140. The molecule has 0 aromatic rings. The molecule has 3 fully saturated rings. The van der Waals surface area contributed by atoms with Gasteiger partial charge in [0.25, 0.3) is 0 Å². The number of carbonyl (C=O) groups is 5. The molecule has 19 nitrogen and oxygen atoms in total. The predicted octanol–water partition coefficient (Wildman–Crippen LogP) is -3.12. The standard InChI is InChI=1S/C28H45N3O16/c1-9-18(36)20(15(29-11(3)32)26(41-8)42-9)45-27-16(30-12(4)33)21(19(37)10(2)43-27)46-28-17(31-13(5)34)22(40-7)23(44-14(6)35)24(47-28)25(38)39/h9-10,15-24,26-28,36-37H,1-8H3,(H,29,32)(H,30,33)(H,31,34)(H,38,39)/t9-,10+,15-,16+,17+,18+,19-,20-,21+,22-,23+,24+,26+,27+,28-/m1/s1. The summed E-state index contributed by atoms with van der Waals surface area (Å²) in [4.78, 5) is 60.9. The zero-order chi connectivity index (χ0) is 35.3. The maximum Gasteiger partial charge on any atom is 0.336 e. The minimum Gasteiger partial charge on any atom is -0.479 e. The zero-order valence-electron chi connectivity index (χ0n) is 27.3. The summed E-state index contributed by atoms with van der Waals surface area (Å²) in [5.74, 6) is -4.11. The van der Waals surface area contributed by atoms with Gasteiger partial charge in [0.2, 0.25) is 17.7 Å². The van der Waals surface area contributed by atoms with Crippen LogP contribution in [0.4, 0.5) is 0 Å². The number of ether oxygens (including phenoxy) is 8. The van der Waals surface area contributed by atoms with Crippen LogP contribution in [0.3, 0.4) is 0 Å². The maximum absolute atomic E-state index is 12.5. The molecule has 3 amide bonds. The first-order chi connectivity index (χ1) is 22.0. The predicted molar refractivity (Wildman–Crippen MR) is 153 cm³/mol. The number of carboxylic acid groups (broad SMARTS) is 1. The Hall–Kier alpha value is -3.01. The van der Waals surface area contributed by atoms with Crippen molar-refractivity contribution in [1.82, 2.24) is 16.0 Å². The van der Waals surface area contributed by atoms with Crippen LogP contribution in [-0.2, 0) is 61.9 Å². The highest BCUT2D eigenvalue weighted by Crippen LogP contribution is 2.34. The van der Waals surface area contributed by atoms with Gasteiger partial charge in [-0.1, -0.05) is 0 Å². The van der Waals surface area contributed by atoms with Gasteiger partial charge in [-0.3, -0.25) is 19.2 Å². The van der Waals surface area contributed by atoms with Crippen LogP contribution in [0.2, 0.25) is 0 Å². The second kappa shape index (κ2) is 16.4. The van der Waals surface area contributed by atoms with Gasteiger partial charge in [-0.25, -0.2) is 4.79 Å². The summed E-state index contributed by atoms with van der Waals surface area (Å²) >= 11 is 0. The number of aliphatic hydroxyl groups is 2. The van der Waals surface area contributed by atoms with Crippen LogP contribution < -0.4 is 16.0 Å². The normalized spacial score (nSPS) is 40.5. The van der Waals surface area contributed by atoms with Crippen molar-refractivity contribution in [3.8, 4) is 0 Å². The molecule has 3 heterocycles. The number of methoxy groups -OCH3 is 2. The molecule has 0 aliphatic carbocycles. The molecule has 0 unspecified atom stereocenters. The lowest BCUT2D eigenvalue weighted by molar-refractivity contribution is -0.341. The van der Waals surface area contributed by atoms with E-state index in [1.165, 1.54) is 41.9 Å². The average Bonchev–Trinajstić information content (AvgIpc) is 2.96. The fraction of sp³-hybridized carbons (Fsp3) is 0.821. The van der Waals surface area contributed by atoms with E-state index in [2.05, 4.69) is 16.0 Å². The molecule has 6 N–H and O–H groups in total. The lowest BCUT2D eigenvalue weighted by atomic mass is 9.93. The Morgan fingerprint density at radius 3 is 1.38 bits per heavy atom. The van der Waals surface area contributed by atoms with Gasteiger partial charge in [0.05, 0.1) is 12.2 Å². The van der Waals surface area contributed by atoms with Crippen LogP contribution in [0.1, 0.15) is 41.5 Å². The van der Waals surface area contributed by atoms with Gasteiger partial charge in [0, 0.05) is 41.9 Å². The molecule has 0 bridgehead atoms. The maximum atomic E-state index is 12.5. The summed E-state index contributed by atoms with van der Waals surface area (Å²) in [6.07, 6.45) is -16.4. The molecule has 0 spiro atoms. The largest absolute Gasteiger partial charge is 0.479 e. The summed E-state index contributed by atoms with van der Waals surface area (Å²) in [5.41, 5.74) is 0. The number of aliphatic hydroxyl groups excluding tert-OH is 2. The number of esters is 1. The number of carbonyl (C=O) groups excluding carboxylic acids is 4. The van der Waals surface area contributed by atoms with Gasteiger partial charge < -0.3 is 69.2 Å². The lowest BCUT2D eigenvalue weighted by Gasteiger charge is -2.50. The number of hydrogen-bond acceptors (Lipinski definition) is 15. The van der Waals surface area contributed by atoms with Crippen molar-refractivity contribution in [3.05, 3.63) is 0 Å². The van der Waals surface area contributed by atoms with Crippen molar-refractivity contribution < 1.29 is 77.2 Å². The molecule has 3 aliphatic heterocycles. The van der Waals surface area contributed by atoms with E-state index in [0.29, 0.717) is 0 Å². The first-order valence-corrected chi connectivity index (χ1v) is 14.9. The molecule has 0 aromatic heterocycles. The van der Waals surface area contributed by atoms with Gasteiger partial charge in [0.15, 0.2) is 31.1 Å². The van der Waals surface area contributed by atoms with Gasteiger partial charge in [0.1, 0.15) is 48.6 Å². The molecular formula is C28H45N3O16. The summed E-state index contributed by atoms with van der Waals surface area (Å²) in [6.45, 7) is 7.66. The lowest BCUT2D eigenvalue weighted by Crippen LogP contribution is -2.71. The number of carboxylic acids is 1. The molecule has 3 saturated heterocycles. The monoisotopic (exact) mass is 679 g/mol. The van der Waals surface area contributed by atoms with Crippen molar-refractivity contribution >= 4 is 29.7 Å². The first-order valence-electron chi connectivity index (χ1n) is 14.9. The molecule has 19 heteroatoms. The highest BCUT2D eigenvalue weighted by molar-refractivity contribution is 5.76. The second-order valence-corrected chi connectivity index (χ2v) is 11.6. The quantitative estimate of drug-likeness (QED) is 0.118. The van der Waals surface area contributed by atoms with Crippen LogP contribution >= 0.6 is 0 Å². The van der Waals surface area contributed by atoms with E-state index in [0.717, 1.165) is 6.92 Å². The third kappa shape index (κ3) is 9.12. The highest BCUT2D eigenvalue weighted by Gasteiger charge is 2.56. The van der Waals surface area contributed by atoms with E-state index in [1.807, 2.05) is 0 Å². The summed E-state index contributed by atoms with van der Waals surface area (Å²) in [5, 5.41) is 40.1. The van der Waals surface area contributed by atoms with Gasteiger partial charge in [-0.2, -0.15) is 0 Å². The number of hydrogen-bond donors (Lipinski definition) is 6. The summed E-state index contributed by atoms with van der Waals surface area (Å²) in [7, 11) is 2.53. The van der Waals surface area contributed by atoms with Crippen molar-refractivity contribution in [1.29, 1.82) is 0 Å². The fourth-order valence-corrected chi connectivity index (χ4v) is 5.89. The van der Waals surface area contributed by atoms with Crippen LogP contribution in [0.25, 0.3) is 0 Å². The molecule has 0 radical (unpaired) electrons. The summed E-state index contributed by atoms with van der Waals surface area (Å²) in [6, 6.07) is -3.72. The van der Waals surface area contributed by atoms with Gasteiger partial charge >= 0.3 is 11.9 Å². The van der Waals surface area contributed by atoms with Gasteiger partial charge in [-0.05, 0) is 13.8 Å². The van der Waals surface area contributed by atoms with E-state index in [4.69, 9.17) is 37.9 Å². The molecule has 3 rings (SSSR count). The van der Waals surface area contributed by atoms with E-state index < -0.39 is 122 Å². The molecule has 47 heavy (non-hydrogen) atoms. The van der Waals surface area contributed by atoms with E-state index >= 15 is 0 Å². The number of amides is 3. The SMILES string of the molecule is CO[C@H]1O[C@H](C)[C@H](O)[C@H](O[C@@H]2O[C@@H](C)[C@@H](O)[C@@H](O[C@@H]3O[C@H](C(=O)O)[C@@H](OC(C)=O)[C@H](OC)[C@@H]3NC(C)=O)[C@@H]2NC(C)=O)[C@H]1NC(C)=O. The third-order valence-corrected chi connectivity index (χ3v) is 7.92. The Morgan fingerprint density at radius 1 is 0.596 bits per heavy atom. The third-order valence-electron chi connectivity index (χ3n) is 7.92. The Labute approximate surface area is 270 Å². The highest BCUT2D eigenvalue weighted by atomic mass is 16.7. The Balaban J connectivity index is 2.03. The Kier molecular flexibility index (Phi) is 13.4. The van der Waals surface area contributed by atoms with Crippen molar-refractivity contribution in [3.63, 3.8) is 0 Å². The van der Waals surface area contributed by atoms with E-state index in [1.54, 1.807) is 6.92 Å². The second-order valence-electron chi connectivity index (χ2n) is 11.6. The molecule has 268 valence electrons. The minimum absolute atomic E-state index is 0.491. The van der Waals surface area contributed by atoms with Crippen molar-refractivity contribution in [2.45, 2.75) is 133 Å². The van der Waals surface area contributed by atoms with Crippen LogP contribution in [0, 0.1) is 0 Å². The minimum atomic E-state index is -1.84. The van der Waals surface area contributed by atoms with Crippen LogP contribution in [-0.4, -0.2) is 151 Å². The number of aliphatic carboxylic acids is 1. The summed E-state index contributed by atoms with van der Waals surface area (Å²) < 4.78 is 45.8. The first kappa shape index (κ1) is 38.4. The molecule has 0 aromatic carbocycles. The molecule has 3 aliphatic rings. The average molecular weight is 680 g/mol. The topological polar surface area (TPSA) is 256 Å². The van der Waals surface area contributed by atoms with Gasteiger partial charge in [-0.15, -0.1) is 0 Å². The molecule has 0 saturated carbocycles. The van der Waals surface area contributed by atoms with E-state index in [-0.39, 0.29) is 0 Å². The molecular weight excluding hydrogens is 634 g/mol. The number of nitrogens with one attached hydrogen (secondary N) is 3. The van der Waals surface area contributed by atoms with Crippen molar-refractivity contribution in [2.24, 2.45) is 0 Å². The van der Waals surface area contributed by atoms with E-state index in [9.17, 15) is 39.3 Å².